The number of rotatable bonds is 79. The van der Waals surface area contributed by atoms with Crippen molar-refractivity contribution in [2.45, 2.75) is 440 Å². The highest BCUT2D eigenvalue weighted by molar-refractivity contribution is 7.47. The van der Waals surface area contributed by atoms with Gasteiger partial charge in [0.05, 0.1) is 26.4 Å². The minimum atomic E-state index is -4.96. The molecular formula is C82H160O17P2. The second kappa shape index (κ2) is 71.0. The van der Waals surface area contributed by atoms with Gasteiger partial charge in [0.15, 0.2) is 12.2 Å². The van der Waals surface area contributed by atoms with Gasteiger partial charge in [0.25, 0.3) is 0 Å². The molecule has 0 radical (unpaired) electrons. The fourth-order valence-corrected chi connectivity index (χ4v) is 14.2. The van der Waals surface area contributed by atoms with Gasteiger partial charge >= 0.3 is 39.5 Å². The van der Waals surface area contributed by atoms with Gasteiger partial charge in [-0.15, -0.1) is 0 Å². The number of carbonyl (C=O) groups excluding carboxylic acids is 4. The van der Waals surface area contributed by atoms with Gasteiger partial charge in [-0.1, -0.05) is 370 Å². The summed E-state index contributed by atoms with van der Waals surface area (Å²) in [5, 5.41) is 10.6. The summed E-state index contributed by atoms with van der Waals surface area (Å²) in [5.74, 6) is 1.02. The zero-order chi connectivity index (χ0) is 74.6. The second-order valence-electron chi connectivity index (χ2n) is 31.2. The van der Waals surface area contributed by atoms with Gasteiger partial charge in [-0.05, 0) is 49.4 Å². The summed E-state index contributed by atoms with van der Waals surface area (Å²) >= 11 is 0. The fourth-order valence-electron chi connectivity index (χ4n) is 12.6. The Morgan fingerprint density at radius 2 is 0.475 bits per heavy atom. The molecule has 0 aliphatic heterocycles. The summed E-state index contributed by atoms with van der Waals surface area (Å²) < 4.78 is 68.7. The van der Waals surface area contributed by atoms with E-state index in [1.165, 1.54) is 218 Å². The Labute approximate surface area is 619 Å². The second-order valence-corrected chi connectivity index (χ2v) is 34.1. The Morgan fingerprint density at radius 1 is 0.277 bits per heavy atom. The maximum atomic E-state index is 13.1. The quantitative estimate of drug-likeness (QED) is 0.0222. The Hall–Kier alpha value is -1.94. The van der Waals surface area contributed by atoms with Crippen LogP contribution in [0.4, 0.5) is 0 Å². The molecule has 4 unspecified atom stereocenters. The monoisotopic (exact) mass is 1480 g/mol. The van der Waals surface area contributed by atoms with Crippen LogP contribution in [-0.2, 0) is 65.4 Å². The van der Waals surface area contributed by atoms with Gasteiger partial charge in [0.1, 0.15) is 19.3 Å². The Morgan fingerprint density at radius 3 is 0.703 bits per heavy atom. The van der Waals surface area contributed by atoms with E-state index in [2.05, 4.69) is 55.4 Å². The standard InChI is InChI=1S/C82H160O17P2/c1-9-75(8)61-53-45-37-29-23-17-14-15-19-25-32-40-49-57-65-82(87)99-78(69-93-80(85)63-55-47-41-33-36-44-52-60-74(6)7)71-97-101(90,91)95-67-76(83)66-94-100(88,89)96-70-77(68-92-79(84)62-54-46-38-30-26-20-22-28-35-43-51-59-73(4)5)98-81(86)64-56-48-39-31-24-18-13-11-10-12-16-21-27-34-42-50-58-72(2)3/h72-78,83H,9-71H2,1-8H3,(H,88,89)(H,90,91)/t75?,76?,77-,78-/m1/s1. The third kappa shape index (κ3) is 74.7. The first-order chi connectivity index (χ1) is 48.6. The van der Waals surface area contributed by atoms with E-state index in [-0.39, 0.29) is 25.7 Å². The van der Waals surface area contributed by atoms with Gasteiger partial charge in [-0.3, -0.25) is 37.3 Å². The topological polar surface area (TPSA) is 237 Å². The summed E-state index contributed by atoms with van der Waals surface area (Å²) in [6, 6.07) is 0. The first-order valence-corrected chi connectivity index (χ1v) is 45.2. The van der Waals surface area contributed by atoms with E-state index in [0.717, 1.165) is 114 Å². The first-order valence-electron chi connectivity index (χ1n) is 42.2. The van der Waals surface area contributed by atoms with Crippen LogP contribution in [0.2, 0.25) is 0 Å². The van der Waals surface area contributed by atoms with Crippen molar-refractivity contribution in [2.24, 2.45) is 23.7 Å². The van der Waals surface area contributed by atoms with Crippen LogP contribution in [0.5, 0.6) is 0 Å². The number of hydrogen-bond acceptors (Lipinski definition) is 15. The summed E-state index contributed by atoms with van der Waals surface area (Å²) in [4.78, 5) is 73.1. The molecule has 0 fully saturated rings. The molecule has 0 aliphatic carbocycles. The average molecular weight is 1480 g/mol. The molecule has 19 heteroatoms. The highest BCUT2D eigenvalue weighted by Gasteiger charge is 2.30. The molecular weight excluding hydrogens is 1320 g/mol. The Kier molecular flexibility index (Phi) is 69.6. The van der Waals surface area contributed by atoms with Gasteiger partial charge in [0.2, 0.25) is 0 Å². The lowest BCUT2D eigenvalue weighted by Gasteiger charge is -2.21. The zero-order valence-corrected chi connectivity index (χ0v) is 68.3. The molecule has 600 valence electrons. The predicted molar refractivity (Wildman–Crippen MR) is 414 cm³/mol. The molecule has 0 saturated heterocycles. The van der Waals surface area contributed by atoms with Crippen LogP contribution in [0.3, 0.4) is 0 Å². The van der Waals surface area contributed by atoms with Crippen molar-refractivity contribution in [2.75, 3.05) is 39.6 Å². The lowest BCUT2D eigenvalue weighted by Crippen LogP contribution is -2.30. The molecule has 0 aromatic heterocycles. The van der Waals surface area contributed by atoms with Crippen molar-refractivity contribution < 1.29 is 80.2 Å². The molecule has 0 spiro atoms. The lowest BCUT2D eigenvalue weighted by molar-refractivity contribution is -0.161. The highest BCUT2D eigenvalue weighted by atomic mass is 31.2. The number of esters is 4. The Bertz CT molecular complexity index is 1970. The number of phosphoric ester groups is 2. The molecule has 6 atom stereocenters. The van der Waals surface area contributed by atoms with Crippen LogP contribution in [0.15, 0.2) is 0 Å². The van der Waals surface area contributed by atoms with E-state index in [1.807, 2.05) is 0 Å². The van der Waals surface area contributed by atoms with Crippen molar-refractivity contribution in [3.05, 3.63) is 0 Å². The molecule has 0 aromatic rings. The molecule has 0 amide bonds. The normalized spacial score (nSPS) is 14.3. The van der Waals surface area contributed by atoms with E-state index >= 15 is 0 Å². The average Bonchev–Trinajstić information content (AvgIpc) is 0.925. The number of carbonyl (C=O) groups is 4. The van der Waals surface area contributed by atoms with Gasteiger partial charge in [-0.25, -0.2) is 9.13 Å². The van der Waals surface area contributed by atoms with Crippen molar-refractivity contribution >= 4 is 39.5 Å². The highest BCUT2D eigenvalue weighted by Crippen LogP contribution is 2.45. The van der Waals surface area contributed by atoms with Gasteiger partial charge in [-0.2, -0.15) is 0 Å². The summed E-state index contributed by atoms with van der Waals surface area (Å²) in [6.45, 7) is 14.3. The Balaban J connectivity index is 5.23. The number of ether oxygens (including phenoxy) is 4. The summed E-state index contributed by atoms with van der Waals surface area (Å²) in [6.07, 6.45) is 58.3. The van der Waals surface area contributed by atoms with E-state index in [9.17, 15) is 43.2 Å². The van der Waals surface area contributed by atoms with Crippen LogP contribution in [0.1, 0.15) is 421 Å². The van der Waals surface area contributed by atoms with E-state index in [4.69, 9.17) is 37.0 Å². The molecule has 0 bridgehead atoms. The minimum absolute atomic E-state index is 0.107. The first kappa shape index (κ1) is 99.1. The summed E-state index contributed by atoms with van der Waals surface area (Å²) in [5.41, 5.74) is 0. The third-order valence-electron chi connectivity index (χ3n) is 19.4. The molecule has 0 aromatic carbocycles. The van der Waals surface area contributed by atoms with Crippen LogP contribution in [0, 0.1) is 23.7 Å². The van der Waals surface area contributed by atoms with Crippen molar-refractivity contribution in [3.8, 4) is 0 Å². The van der Waals surface area contributed by atoms with Crippen LogP contribution >= 0.6 is 15.6 Å². The van der Waals surface area contributed by atoms with Crippen molar-refractivity contribution in [3.63, 3.8) is 0 Å². The molecule has 3 N–H and O–H groups in total. The molecule has 0 rings (SSSR count). The minimum Gasteiger partial charge on any atom is -0.462 e. The molecule has 0 heterocycles. The van der Waals surface area contributed by atoms with Gasteiger partial charge in [0, 0.05) is 25.7 Å². The zero-order valence-electron chi connectivity index (χ0n) is 66.5. The molecule has 17 nitrogen and oxygen atoms in total. The number of aliphatic hydroxyl groups excluding tert-OH is 1. The maximum Gasteiger partial charge on any atom is 0.472 e. The molecule has 0 saturated carbocycles. The number of unbranched alkanes of at least 4 members (excludes halogenated alkanes) is 44. The van der Waals surface area contributed by atoms with E-state index < -0.39 is 97.5 Å². The smallest absolute Gasteiger partial charge is 0.462 e. The SMILES string of the molecule is CCC(C)CCCCCCCCCCCCCCCCC(=O)O[C@H](COC(=O)CCCCCCCCCC(C)C)COP(=O)(O)OCC(O)COP(=O)(O)OC[C@@H](COC(=O)CCCCCCCCCCCCCC(C)C)OC(=O)CCCCCCCCCCCCCCCCCCC(C)C. The number of aliphatic hydroxyl groups is 1. The van der Waals surface area contributed by atoms with Crippen LogP contribution in [-0.4, -0.2) is 96.7 Å². The third-order valence-corrected chi connectivity index (χ3v) is 21.3. The lowest BCUT2D eigenvalue weighted by atomic mass is 9.99. The van der Waals surface area contributed by atoms with Crippen LogP contribution < -0.4 is 0 Å². The van der Waals surface area contributed by atoms with Gasteiger partial charge < -0.3 is 33.8 Å². The maximum absolute atomic E-state index is 13.1. The van der Waals surface area contributed by atoms with E-state index in [1.54, 1.807) is 0 Å². The number of hydrogen-bond donors (Lipinski definition) is 3. The molecule has 0 aliphatic rings. The van der Waals surface area contributed by atoms with Crippen molar-refractivity contribution in [1.82, 2.24) is 0 Å². The van der Waals surface area contributed by atoms with Crippen LogP contribution in [0.25, 0.3) is 0 Å². The largest absolute Gasteiger partial charge is 0.472 e. The fraction of sp³-hybridized carbons (Fsp3) is 0.951. The molecule has 101 heavy (non-hydrogen) atoms. The summed E-state index contributed by atoms with van der Waals surface area (Å²) in [7, 11) is -9.92. The number of phosphoric acid groups is 2. The van der Waals surface area contributed by atoms with E-state index in [0.29, 0.717) is 31.6 Å². The predicted octanol–water partition coefficient (Wildman–Crippen LogP) is 24.4. The van der Waals surface area contributed by atoms with Crippen molar-refractivity contribution in [1.29, 1.82) is 0 Å².